The summed E-state index contributed by atoms with van der Waals surface area (Å²) >= 11 is 3.94. The van der Waals surface area contributed by atoms with Crippen LogP contribution < -0.4 is 0 Å². The molecule has 1 rings (SSSR count). The minimum atomic E-state index is -1.06. The summed E-state index contributed by atoms with van der Waals surface area (Å²) in [5.41, 5.74) is 0.133. The van der Waals surface area contributed by atoms with E-state index in [4.69, 9.17) is 5.11 Å². The Morgan fingerprint density at radius 2 is 2.25 bits per heavy atom. The van der Waals surface area contributed by atoms with Gasteiger partial charge in [-0.3, -0.25) is 4.79 Å². The second kappa shape index (κ2) is 3.58. The van der Waals surface area contributed by atoms with Crippen LogP contribution in [-0.4, -0.2) is 11.1 Å². The van der Waals surface area contributed by atoms with Gasteiger partial charge in [-0.15, -0.1) is 12.6 Å². The summed E-state index contributed by atoms with van der Waals surface area (Å²) in [6, 6.07) is 4.27. The van der Waals surface area contributed by atoms with E-state index in [0.29, 0.717) is 4.90 Å². The zero-order valence-electron chi connectivity index (χ0n) is 6.12. The van der Waals surface area contributed by atoms with Crippen LogP contribution >= 0.6 is 12.6 Å². The number of benzene rings is 1. The lowest BCUT2D eigenvalue weighted by atomic mass is 10.1. The fourth-order valence-electron chi connectivity index (χ4n) is 0.873. The zero-order valence-corrected chi connectivity index (χ0v) is 7.01. The predicted octanol–water partition coefficient (Wildman–Crippen LogP) is 1.74. The Balaban J connectivity index is 3.04. The molecule has 0 radical (unpaired) electrons. The number of hydrogen-bond acceptors (Lipinski definition) is 2. The van der Waals surface area contributed by atoms with Crippen LogP contribution in [0.25, 0.3) is 0 Å². The minimum absolute atomic E-state index is 0.133. The average Bonchev–Trinajstić information content (AvgIpc) is 1.97. The van der Waals surface area contributed by atoms with Gasteiger partial charge in [-0.1, -0.05) is 6.07 Å². The second-order valence-corrected chi connectivity index (χ2v) is 2.79. The molecule has 12 heavy (non-hydrogen) atoms. The molecule has 4 heteroatoms. The molecule has 0 heterocycles. The van der Waals surface area contributed by atoms with Crippen molar-refractivity contribution in [2.45, 2.75) is 11.3 Å². The first-order valence-electron chi connectivity index (χ1n) is 3.29. The molecule has 0 aliphatic carbocycles. The fourth-order valence-corrected chi connectivity index (χ4v) is 1.15. The molecule has 0 unspecified atom stereocenters. The van der Waals surface area contributed by atoms with E-state index >= 15 is 0 Å². The molecule has 2 nitrogen and oxygen atoms in total. The van der Waals surface area contributed by atoms with Crippen molar-refractivity contribution in [3.05, 3.63) is 29.6 Å². The molecule has 0 amide bonds. The highest BCUT2D eigenvalue weighted by atomic mass is 32.1. The zero-order chi connectivity index (χ0) is 9.14. The minimum Gasteiger partial charge on any atom is -0.481 e. The maximum Gasteiger partial charge on any atom is 0.307 e. The van der Waals surface area contributed by atoms with E-state index in [0.717, 1.165) is 0 Å². The fraction of sp³-hybridized carbons (Fsp3) is 0.125. The van der Waals surface area contributed by atoms with Crippen LogP contribution in [0.5, 0.6) is 0 Å². The largest absolute Gasteiger partial charge is 0.481 e. The molecule has 0 spiro atoms. The van der Waals surface area contributed by atoms with Crippen LogP contribution in [0.3, 0.4) is 0 Å². The first kappa shape index (κ1) is 9.06. The van der Waals surface area contributed by atoms with Gasteiger partial charge in [-0.25, -0.2) is 4.39 Å². The SMILES string of the molecule is O=C(O)Cc1c(F)cccc1S. The number of carboxylic acid groups (broad SMARTS) is 1. The smallest absolute Gasteiger partial charge is 0.307 e. The molecule has 1 aromatic rings. The van der Waals surface area contributed by atoms with Gasteiger partial charge in [0.1, 0.15) is 5.82 Å². The van der Waals surface area contributed by atoms with Gasteiger partial charge in [0.15, 0.2) is 0 Å². The van der Waals surface area contributed by atoms with Crippen molar-refractivity contribution in [3.8, 4) is 0 Å². The van der Waals surface area contributed by atoms with Crippen LogP contribution in [0.2, 0.25) is 0 Å². The number of carboxylic acids is 1. The summed E-state index contributed by atoms with van der Waals surface area (Å²) in [6.07, 6.45) is -0.328. The van der Waals surface area contributed by atoms with Crippen molar-refractivity contribution in [1.29, 1.82) is 0 Å². The third-order valence-corrected chi connectivity index (χ3v) is 1.84. The number of hydrogen-bond donors (Lipinski definition) is 2. The van der Waals surface area contributed by atoms with Crippen molar-refractivity contribution in [2.75, 3.05) is 0 Å². The number of thiol groups is 1. The van der Waals surface area contributed by atoms with Crippen LogP contribution in [0.1, 0.15) is 5.56 Å². The van der Waals surface area contributed by atoms with Gasteiger partial charge in [0.25, 0.3) is 0 Å². The quantitative estimate of drug-likeness (QED) is 0.690. The molecule has 64 valence electrons. The Kier molecular flexibility index (Phi) is 2.70. The van der Waals surface area contributed by atoms with Gasteiger partial charge in [0.05, 0.1) is 6.42 Å². The lowest BCUT2D eigenvalue weighted by Gasteiger charge is -2.02. The van der Waals surface area contributed by atoms with Gasteiger partial charge < -0.3 is 5.11 Å². The third-order valence-electron chi connectivity index (χ3n) is 1.42. The number of halogens is 1. The van der Waals surface area contributed by atoms with E-state index in [1.807, 2.05) is 0 Å². The van der Waals surface area contributed by atoms with Crippen molar-refractivity contribution >= 4 is 18.6 Å². The molecule has 1 aromatic carbocycles. The van der Waals surface area contributed by atoms with Gasteiger partial charge >= 0.3 is 5.97 Å². The highest BCUT2D eigenvalue weighted by molar-refractivity contribution is 7.80. The Morgan fingerprint density at radius 1 is 1.58 bits per heavy atom. The van der Waals surface area contributed by atoms with Crippen LogP contribution in [0.15, 0.2) is 23.1 Å². The highest BCUT2D eigenvalue weighted by Gasteiger charge is 2.09. The molecule has 0 aliphatic heterocycles. The summed E-state index contributed by atoms with van der Waals surface area (Å²) < 4.78 is 12.9. The Hall–Kier alpha value is -1.03. The van der Waals surface area contributed by atoms with E-state index in [9.17, 15) is 9.18 Å². The predicted molar refractivity (Wildman–Crippen MR) is 45.0 cm³/mol. The maximum atomic E-state index is 12.9. The topological polar surface area (TPSA) is 37.3 Å². The summed E-state index contributed by atoms with van der Waals surface area (Å²) in [7, 11) is 0. The number of rotatable bonds is 2. The van der Waals surface area contributed by atoms with E-state index in [2.05, 4.69) is 12.6 Å². The normalized spacial score (nSPS) is 9.83. The molecule has 0 fully saturated rings. The van der Waals surface area contributed by atoms with Gasteiger partial charge in [0, 0.05) is 10.5 Å². The second-order valence-electron chi connectivity index (χ2n) is 2.31. The van der Waals surface area contributed by atoms with Crippen LogP contribution in [0, 0.1) is 5.82 Å². The average molecular weight is 186 g/mol. The first-order chi connectivity index (χ1) is 5.61. The van der Waals surface area contributed by atoms with E-state index in [1.165, 1.54) is 12.1 Å². The van der Waals surface area contributed by atoms with Crippen molar-refractivity contribution < 1.29 is 14.3 Å². The molecule has 0 atom stereocenters. The third kappa shape index (κ3) is 1.98. The van der Waals surface area contributed by atoms with Crippen molar-refractivity contribution in [1.82, 2.24) is 0 Å². The van der Waals surface area contributed by atoms with Crippen LogP contribution in [-0.2, 0) is 11.2 Å². The Labute approximate surface area is 74.4 Å². The summed E-state index contributed by atoms with van der Waals surface area (Å²) in [4.78, 5) is 10.6. The lowest BCUT2D eigenvalue weighted by molar-refractivity contribution is -0.136. The van der Waals surface area contributed by atoms with Gasteiger partial charge in [0.2, 0.25) is 0 Å². The summed E-state index contributed by atoms with van der Waals surface area (Å²) in [5, 5.41) is 8.42. The lowest BCUT2D eigenvalue weighted by Crippen LogP contribution is -2.03. The summed E-state index contributed by atoms with van der Waals surface area (Å²) in [5.74, 6) is -1.58. The van der Waals surface area contributed by atoms with Crippen LogP contribution in [0.4, 0.5) is 4.39 Å². The molecular weight excluding hydrogens is 179 g/mol. The maximum absolute atomic E-state index is 12.9. The number of aliphatic carboxylic acids is 1. The molecule has 0 aliphatic rings. The molecular formula is C8H7FO2S. The first-order valence-corrected chi connectivity index (χ1v) is 3.74. The molecule has 0 saturated carbocycles. The molecule has 0 saturated heterocycles. The van der Waals surface area contributed by atoms with E-state index < -0.39 is 11.8 Å². The molecule has 1 N–H and O–H groups in total. The van der Waals surface area contributed by atoms with Crippen molar-refractivity contribution in [3.63, 3.8) is 0 Å². The summed E-state index contributed by atoms with van der Waals surface area (Å²) in [6.45, 7) is 0. The van der Waals surface area contributed by atoms with Gasteiger partial charge in [-0.05, 0) is 12.1 Å². The van der Waals surface area contributed by atoms with E-state index in [-0.39, 0.29) is 12.0 Å². The van der Waals surface area contributed by atoms with Gasteiger partial charge in [-0.2, -0.15) is 0 Å². The Bertz CT molecular complexity index is 292. The van der Waals surface area contributed by atoms with Crippen molar-refractivity contribution in [2.24, 2.45) is 0 Å². The Morgan fingerprint density at radius 3 is 2.75 bits per heavy atom. The molecule has 0 bridgehead atoms. The standard InChI is InChI=1S/C8H7FO2S/c9-6-2-1-3-7(12)5(6)4-8(10)11/h1-3,12H,4H2,(H,10,11). The molecule has 0 aromatic heterocycles. The van der Waals surface area contributed by atoms with E-state index in [1.54, 1.807) is 6.07 Å². The number of carbonyl (C=O) groups is 1. The highest BCUT2D eigenvalue weighted by Crippen LogP contribution is 2.17. The monoisotopic (exact) mass is 186 g/mol.